The topological polar surface area (TPSA) is 49.9 Å². The lowest BCUT2D eigenvalue weighted by Gasteiger charge is -2.43. The number of hydrogen-bond donors (Lipinski definition) is 0. The van der Waals surface area contributed by atoms with E-state index < -0.39 is 5.54 Å². The summed E-state index contributed by atoms with van der Waals surface area (Å²) in [7, 11) is 0. The zero-order valence-electron chi connectivity index (χ0n) is 15.0. The fraction of sp³-hybridized carbons (Fsp3) is 0.579. The van der Waals surface area contributed by atoms with E-state index in [0.717, 1.165) is 38.3 Å². The van der Waals surface area contributed by atoms with Gasteiger partial charge in [-0.3, -0.25) is 14.5 Å². The van der Waals surface area contributed by atoms with E-state index in [1.54, 1.807) is 0 Å². The van der Waals surface area contributed by atoms with Crippen LogP contribution < -0.4 is 0 Å². The highest BCUT2D eigenvalue weighted by Gasteiger charge is 2.36. The number of piperazine rings is 1. The standard InChI is InChI=1S/C19H28N2O3/c1-4-24-17(22)10-11-20-12-14-21(15-13-20)19(2,3)18(23)16-8-6-5-7-9-16/h5-9H,4,10-15H2,1-3H3. The average molecular weight is 332 g/mol. The molecule has 5 heteroatoms. The number of Topliss-reactive ketones (excluding diaryl/α,β-unsaturated/α-hetero) is 1. The van der Waals surface area contributed by atoms with Crippen molar-refractivity contribution in [2.45, 2.75) is 32.7 Å². The maximum Gasteiger partial charge on any atom is 0.307 e. The molecule has 1 aromatic carbocycles. The number of esters is 1. The molecule has 1 heterocycles. The normalized spacial score (nSPS) is 16.8. The van der Waals surface area contributed by atoms with Gasteiger partial charge >= 0.3 is 5.97 Å². The van der Waals surface area contributed by atoms with Gasteiger partial charge in [-0.25, -0.2) is 0 Å². The fourth-order valence-corrected chi connectivity index (χ4v) is 3.10. The van der Waals surface area contributed by atoms with Crippen molar-refractivity contribution in [3.05, 3.63) is 35.9 Å². The number of benzene rings is 1. The first kappa shape index (κ1) is 18.6. The highest BCUT2D eigenvalue weighted by molar-refractivity contribution is 6.02. The second kappa shape index (κ2) is 8.40. The van der Waals surface area contributed by atoms with Crippen LogP contribution in [0.4, 0.5) is 0 Å². The molecular formula is C19H28N2O3. The van der Waals surface area contributed by atoms with Gasteiger partial charge in [-0.2, -0.15) is 0 Å². The molecule has 0 N–H and O–H groups in total. The molecule has 0 amide bonds. The number of carbonyl (C=O) groups excluding carboxylic acids is 2. The predicted octanol–water partition coefficient (Wildman–Crippen LogP) is 2.22. The van der Waals surface area contributed by atoms with E-state index in [2.05, 4.69) is 9.80 Å². The maximum absolute atomic E-state index is 12.8. The zero-order chi connectivity index (χ0) is 17.6. The minimum atomic E-state index is -0.519. The van der Waals surface area contributed by atoms with Crippen LogP contribution in [0.1, 0.15) is 37.6 Å². The van der Waals surface area contributed by atoms with Crippen LogP contribution in [-0.2, 0) is 9.53 Å². The van der Waals surface area contributed by atoms with Crippen LogP contribution in [0.15, 0.2) is 30.3 Å². The van der Waals surface area contributed by atoms with Crippen LogP contribution in [0, 0.1) is 0 Å². The fourth-order valence-electron chi connectivity index (χ4n) is 3.10. The summed E-state index contributed by atoms with van der Waals surface area (Å²) in [5.74, 6) is 0.0163. The van der Waals surface area contributed by atoms with Crippen molar-refractivity contribution in [3.63, 3.8) is 0 Å². The lowest BCUT2D eigenvalue weighted by molar-refractivity contribution is -0.143. The molecule has 1 fully saturated rings. The molecule has 0 spiro atoms. The van der Waals surface area contributed by atoms with Crippen molar-refractivity contribution >= 4 is 11.8 Å². The SMILES string of the molecule is CCOC(=O)CCN1CCN(C(C)(C)C(=O)c2ccccc2)CC1. The number of ketones is 1. The zero-order valence-corrected chi connectivity index (χ0v) is 15.0. The van der Waals surface area contributed by atoms with Crippen molar-refractivity contribution in [1.82, 2.24) is 9.80 Å². The van der Waals surface area contributed by atoms with Crippen molar-refractivity contribution in [2.75, 3.05) is 39.3 Å². The van der Waals surface area contributed by atoms with Gasteiger partial charge in [0.1, 0.15) is 0 Å². The van der Waals surface area contributed by atoms with Crippen LogP contribution in [-0.4, -0.2) is 66.4 Å². The van der Waals surface area contributed by atoms with Gasteiger partial charge in [-0.1, -0.05) is 30.3 Å². The summed E-state index contributed by atoms with van der Waals surface area (Å²) in [4.78, 5) is 28.8. The third-order valence-corrected chi connectivity index (χ3v) is 4.69. The number of hydrogen-bond acceptors (Lipinski definition) is 5. The van der Waals surface area contributed by atoms with Crippen LogP contribution in [0.5, 0.6) is 0 Å². The number of nitrogens with zero attached hydrogens (tertiary/aromatic N) is 2. The van der Waals surface area contributed by atoms with E-state index in [9.17, 15) is 9.59 Å². The molecule has 1 aliphatic rings. The molecule has 5 nitrogen and oxygen atoms in total. The predicted molar refractivity (Wildman–Crippen MR) is 94.1 cm³/mol. The summed E-state index contributed by atoms with van der Waals surface area (Å²) in [6, 6.07) is 9.47. The van der Waals surface area contributed by atoms with Crippen LogP contribution in [0.2, 0.25) is 0 Å². The number of carbonyl (C=O) groups is 2. The van der Waals surface area contributed by atoms with Crippen LogP contribution in [0.25, 0.3) is 0 Å². The molecule has 132 valence electrons. The van der Waals surface area contributed by atoms with E-state index in [4.69, 9.17) is 4.74 Å². The summed E-state index contributed by atoms with van der Waals surface area (Å²) in [6.07, 6.45) is 0.431. The molecule has 1 aliphatic heterocycles. The van der Waals surface area contributed by atoms with E-state index in [-0.39, 0.29) is 11.8 Å². The quantitative estimate of drug-likeness (QED) is 0.566. The first-order chi connectivity index (χ1) is 11.4. The Morgan fingerprint density at radius 3 is 2.29 bits per heavy atom. The van der Waals surface area contributed by atoms with Gasteiger partial charge in [-0.15, -0.1) is 0 Å². The monoisotopic (exact) mass is 332 g/mol. The maximum atomic E-state index is 12.8. The van der Waals surface area contributed by atoms with Crippen LogP contribution in [0.3, 0.4) is 0 Å². The molecule has 24 heavy (non-hydrogen) atoms. The molecule has 0 bridgehead atoms. The first-order valence-electron chi connectivity index (χ1n) is 8.68. The van der Waals surface area contributed by atoms with Gasteiger partial charge in [-0.05, 0) is 20.8 Å². The second-order valence-electron chi connectivity index (χ2n) is 6.64. The summed E-state index contributed by atoms with van der Waals surface area (Å²) in [5, 5.41) is 0. The highest BCUT2D eigenvalue weighted by Crippen LogP contribution is 2.22. The van der Waals surface area contributed by atoms with Gasteiger partial charge in [0.25, 0.3) is 0 Å². The smallest absolute Gasteiger partial charge is 0.307 e. The molecule has 0 aromatic heterocycles. The Hall–Kier alpha value is -1.72. The number of ether oxygens (including phenoxy) is 1. The van der Waals surface area contributed by atoms with Gasteiger partial charge in [0, 0.05) is 38.3 Å². The summed E-state index contributed by atoms with van der Waals surface area (Å²) >= 11 is 0. The van der Waals surface area contributed by atoms with Crippen molar-refractivity contribution in [3.8, 4) is 0 Å². The Morgan fingerprint density at radius 2 is 1.71 bits per heavy atom. The molecule has 1 saturated heterocycles. The summed E-state index contributed by atoms with van der Waals surface area (Å²) in [5.41, 5.74) is 0.237. The van der Waals surface area contributed by atoms with Gasteiger partial charge in [0.15, 0.2) is 5.78 Å². The minimum Gasteiger partial charge on any atom is -0.466 e. The largest absolute Gasteiger partial charge is 0.466 e. The van der Waals surface area contributed by atoms with Crippen molar-refractivity contribution in [2.24, 2.45) is 0 Å². The molecule has 0 saturated carbocycles. The molecule has 0 atom stereocenters. The molecule has 1 aromatic rings. The van der Waals surface area contributed by atoms with E-state index in [1.807, 2.05) is 51.1 Å². The van der Waals surface area contributed by atoms with Gasteiger partial charge in [0.2, 0.25) is 0 Å². The molecular weight excluding hydrogens is 304 g/mol. The van der Waals surface area contributed by atoms with E-state index in [1.165, 1.54) is 0 Å². The molecule has 0 radical (unpaired) electrons. The third kappa shape index (κ3) is 4.65. The lowest BCUT2D eigenvalue weighted by Crippen LogP contribution is -2.58. The van der Waals surface area contributed by atoms with E-state index >= 15 is 0 Å². The Balaban J connectivity index is 1.86. The average Bonchev–Trinajstić information content (AvgIpc) is 2.60. The Bertz CT molecular complexity index is 549. The highest BCUT2D eigenvalue weighted by atomic mass is 16.5. The first-order valence-corrected chi connectivity index (χ1v) is 8.68. The molecule has 0 unspecified atom stereocenters. The second-order valence-corrected chi connectivity index (χ2v) is 6.64. The Morgan fingerprint density at radius 1 is 1.08 bits per heavy atom. The summed E-state index contributed by atoms with van der Waals surface area (Å²) in [6.45, 7) is 10.4. The van der Waals surface area contributed by atoms with Gasteiger partial charge in [0.05, 0.1) is 18.6 Å². The minimum absolute atomic E-state index is 0.139. The van der Waals surface area contributed by atoms with Gasteiger partial charge < -0.3 is 9.64 Å². The van der Waals surface area contributed by atoms with Crippen molar-refractivity contribution in [1.29, 1.82) is 0 Å². The number of rotatable bonds is 7. The van der Waals surface area contributed by atoms with E-state index in [0.29, 0.717) is 13.0 Å². The Kier molecular flexibility index (Phi) is 6.52. The van der Waals surface area contributed by atoms with Crippen molar-refractivity contribution < 1.29 is 14.3 Å². The molecule has 2 rings (SSSR count). The third-order valence-electron chi connectivity index (χ3n) is 4.69. The Labute approximate surface area is 144 Å². The summed E-state index contributed by atoms with van der Waals surface area (Å²) < 4.78 is 4.97. The van der Waals surface area contributed by atoms with Crippen LogP contribution >= 0.6 is 0 Å². The molecule has 0 aliphatic carbocycles. The lowest BCUT2D eigenvalue weighted by atomic mass is 9.90.